The van der Waals surface area contributed by atoms with E-state index in [1.54, 1.807) is 16.7 Å². The lowest BCUT2D eigenvalue weighted by Crippen LogP contribution is -2.45. The molecule has 0 spiro atoms. The zero-order valence-corrected chi connectivity index (χ0v) is 13.7. The molecule has 2 rings (SSSR count). The van der Waals surface area contributed by atoms with E-state index in [0.29, 0.717) is 44.4 Å². The minimum Gasteiger partial charge on any atom is -0.481 e. The van der Waals surface area contributed by atoms with E-state index in [-0.39, 0.29) is 11.8 Å². The van der Waals surface area contributed by atoms with Crippen molar-refractivity contribution < 1.29 is 19.4 Å². The molecule has 0 aromatic heterocycles. The molecular weight excluding hydrogens is 290 g/mol. The number of aliphatic carboxylic acids is 1. The number of carboxylic acids is 1. The van der Waals surface area contributed by atoms with Gasteiger partial charge in [0.05, 0.1) is 17.8 Å². The van der Waals surface area contributed by atoms with Crippen LogP contribution in [0.5, 0.6) is 0 Å². The maximum Gasteiger partial charge on any atom is 0.311 e. The number of rotatable bonds is 6. The number of fused-ring (bicyclic) bond motifs is 1. The molecule has 2 atom stereocenters. The van der Waals surface area contributed by atoms with E-state index in [2.05, 4.69) is 13.8 Å². The molecular formula is C15H25NO4S. The summed E-state index contributed by atoms with van der Waals surface area (Å²) in [4.78, 5) is 25.7. The van der Waals surface area contributed by atoms with Crippen LogP contribution in [-0.2, 0) is 14.3 Å². The number of ether oxygens (including phenoxy) is 1. The summed E-state index contributed by atoms with van der Waals surface area (Å²) >= 11 is 1.65. The second kappa shape index (κ2) is 7.01. The molecule has 2 aliphatic heterocycles. The van der Waals surface area contributed by atoms with E-state index in [4.69, 9.17) is 4.74 Å². The van der Waals surface area contributed by atoms with Crippen LogP contribution >= 0.6 is 11.8 Å². The summed E-state index contributed by atoms with van der Waals surface area (Å²) in [5, 5.41) is 9.58. The number of thioether (sulfide) groups is 1. The molecule has 0 saturated carbocycles. The number of carbonyl (C=O) groups is 2. The van der Waals surface area contributed by atoms with Crippen molar-refractivity contribution in [1.29, 1.82) is 0 Å². The van der Waals surface area contributed by atoms with E-state index < -0.39 is 11.4 Å². The van der Waals surface area contributed by atoms with Crippen molar-refractivity contribution in [3.63, 3.8) is 0 Å². The molecule has 6 heteroatoms. The van der Waals surface area contributed by atoms with Crippen LogP contribution in [0.25, 0.3) is 0 Å². The van der Waals surface area contributed by atoms with E-state index in [9.17, 15) is 14.7 Å². The van der Waals surface area contributed by atoms with Crippen LogP contribution in [0.1, 0.15) is 26.7 Å². The maximum atomic E-state index is 12.3. The van der Waals surface area contributed by atoms with Crippen molar-refractivity contribution in [3.05, 3.63) is 0 Å². The number of hydrogen-bond donors (Lipinski definition) is 1. The fourth-order valence-corrected chi connectivity index (χ4v) is 4.20. The Labute approximate surface area is 130 Å². The smallest absolute Gasteiger partial charge is 0.311 e. The average Bonchev–Trinajstić information content (AvgIpc) is 2.84. The Balaban J connectivity index is 1.87. The van der Waals surface area contributed by atoms with Crippen molar-refractivity contribution in [2.45, 2.75) is 26.7 Å². The molecule has 1 amide bonds. The van der Waals surface area contributed by atoms with Gasteiger partial charge in [-0.25, -0.2) is 0 Å². The summed E-state index contributed by atoms with van der Waals surface area (Å²) in [6.45, 7) is 6.15. The summed E-state index contributed by atoms with van der Waals surface area (Å²) in [7, 11) is 0. The quantitative estimate of drug-likeness (QED) is 0.756. The van der Waals surface area contributed by atoms with E-state index >= 15 is 0 Å². The Morgan fingerprint density at radius 2 is 2.24 bits per heavy atom. The molecule has 0 aromatic carbocycles. The highest BCUT2D eigenvalue weighted by Crippen LogP contribution is 2.42. The Hall–Kier alpha value is -0.750. The van der Waals surface area contributed by atoms with Crippen molar-refractivity contribution in [1.82, 2.24) is 4.90 Å². The lowest BCUT2D eigenvalue weighted by atomic mass is 9.74. The van der Waals surface area contributed by atoms with Crippen LogP contribution in [0.4, 0.5) is 0 Å². The second-order valence-corrected chi connectivity index (χ2v) is 7.60. The van der Waals surface area contributed by atoms with E-state index in [1.807, 2.05) is 0 Å². The normalized spacial score (nSPS) is 28.7. The summed E-state index contributed by atoms with van der Waals surface area (Å²) in [6, 6.07) is 0. The highest BCUT2D eigenvalue weighted by atomic mass is 32.2. The van der Waals surface area contributed by atoms with Gasteiger partial charge in [0.2, 0.25) is 5.91 Å². The first-order valence-electron chi connectivity index (χ1n) is 7.62. The van der Waals surface area contributed by atoms with Crippen molar-refractivity contribution in [2.24, 2.45) is 17.3 Å². The highest BCUT2D eigenvalue weighted by molar-refractivity contribution is 7.99. The lowest BCUT2D eigenvalue weighted by molar-refractivity contribution is -0.157. The Morgan fingerprint density at radius 1 is 1.48 bits per heavy atom. The summed E-state index contributed by atoms with van der Waals surface area (Å²) in [5.41, 5.74) is -0.781. The molecule has 2 saturated heterocycles. The zero-order valence-electron chi connectivity index (χ0n) is 12.8. The molecule has 1 N–H and O–H groups in total. The third kappa shape index (κ3) is 3.72. The molecule has 2 aliphatic rings. The number of carbonyl (C=O) groups excluding carboxylic acids is 1. The predicted octanol–water partition coefficient (Wildman–Crippen LogP) is 1.72. The topological polar surface area (TPSA) is 66.8 Å². The van der Waals surface area contributed by atoms with Gasteiger partial charge in [-0.2, -0.15) is 11.8 Å². The number of carboxylic acid groups (broad SMARTS) is 1. The second-order valence-electron chi connectivity index (χ2n) is 6.49. The van der Waals surface area contributed by atoms with Crippen LogP contribution in [-0.4, -0.2) is 59.7 Å². The van der Waals surface area contributed by atoms with Crippen molar-refractivity contribution in [2.75, 3.05) is 37.8 Å². The summed E-state index contributed by atoms with van der Waals surface area (Å²) in [6.07, 6.45) is 1.62. The molecule has 0 aliphatic carbocycles. The van der Waals surface area contributed by atoms with Crippen LogP contribution < -0.4 is 0 Å². The van der Waals surface area contributed by atoms with E-state index in [1.165, 1.54) is 0 Å². The first-order chi connectivity index (χ1) is 9.95. The molecule has 21 heavy (non-hydrogen) atoms. The van der Waals surface area contributed by atoms with Gasteiger partial charge in [-0.05, 0) is 24.5 Å². The Bertz CT molecular complexity index is 401. The van der Waals surface area contributed by atoms with Gasteiger partial charge in [-0.15, -0.1) is 0 Å². The fourth-order valence-electron chi connectivity index (χ4n) is 3.06. The monoisotopic (exact) mass is 315 g/mol. The predicted molar refractivity (Wildman–Crippen MR) is 82.4 cm³/mol. The molecule has 0 bridgehead atoms. The van der Waals surface area contributed by atoms with Crippen molar-refractivity contribution >= 4 is 23.6 Å². The minimum absolute atomic E-state index is 0.0617. The fraction of sp³-hybridized carbons (Fsp3) is 0.867. The SMILES string of the molecule is CC(C)CCSCC(=O)N1C[C@H]2COCC[C@@]2(C(=O)O)C1. The molecule has 0 aromatic rings. The molecule has 2 heterocycles. The number of hydrogen-bond acceptors (Lipinski definition) is 4. The van der Waals surface area contributed by atoms with Gasteiger partial charge < -0.3 is 14.7 Å². The Kier molecular flexibility index (Phi) is 5.54. The molecule has 0 unspecified atom stereocenters. The van der Waals surface area contributed by atoms with Gasteiger partial charge in [0.1, 0.15) is 0 Å². The lowest BCUT2D eigenvalue weighted by Gasteiger charge is -2.33. The van der Waals surface area contributed by atoms with E-state index in [0.717, 1.165) is 12.2 Å². The van der Waals surface area contributed by atoms with Crippen LogP contribution in [0.3, 0.4) is 0 Å². The molecule has 0 radical (unpaired) electrons. The Morgan fingerprint density at radius 3 is 2.86 bits per heavy atom. The van der Waals surface area contributed by atoms with Gasteiger partial charge in [-0.3, -0.25) is 9.59 Å². The highest BCUT2D eigenvalue weighted by Gasteiger charge is 2.54. The van der Waals surface area contributed by atoms with Crippen LogP contribution in [0.2, 0.25) is 0 Å². The van der Waals surface area contributed by atoms with Gasteiger partial charge in [0.25, 0.3) is 0 Å². The summed E-state index contributed by atoms with van der Waals surface area (Å²) in [5.74, 6) is 1.31. The molecule has 2 fully saturated rings. The maximum absolute atomic E-state index is 12.3. The summed E-state index contributed by atoms with van der Waals surface area (Å²) < 4.78 is 5.41. The van der Waals surface area contributed by atoms with Crippen molar-refractivity contribution in [3.8, 4) is 0 Å². The largest absolute Gasteiger partial charge is 0.481 e. The standard InChI is InChI=1S/C15H25NO4S/c1-11(2)3-6-21-9-13(17)16-7-12-8-20-5-4-15(12,10-16)14(18)19/h11-12H,3-10H2,1-2H3,(H,18,19)/t12-,15+/m0/s1. The van der Waals surface area contributed by atoms with Gasteiger partial charge in [0, 0.05) is 25.6 Å². The number of nitrogens with zero attached hydrogens (tertiary/aromatic N) is 1. The first-order valence-corrected chi connectivity index (χ1v) is 8.78. The molecule has 120 valence electrons. The number of amides is 1. The van der Waals surface area contributed by atoms with Crippen LogP contribution in [0.15, 0.2) is 0 Å². The van der Waals surface area contributed by atoms with Gasteiger partial charge in [0.15, 0.2) is 0 Å². The molecule has 5 nitrogen and oxygen atoms in total. The van der Waals surface area contributed by atoms with Gasteiger partial charge >= 0.3 is 5.97 Å². The van der Waals surface area contributed by atoms with Crippen LogP contribution in [0, 0.1) is 17.3 Å². The van der Waals surface area contributed by atoms with Gasteiger partial charge in [-0.1, -0.05) is 13.8 Å². The zero-order chi connectivity index (χ0) is 15.5. The minimum atomic E-state index is -0.781. The third-order valence-corrected chi connectivity index (χ3v) is 5.53. The first kappa shape index (κ1) is 16.6. The number of likely N-dealkylation sites (tertiary alicyclic amines) is 1. The average molecular weight is 315 g/mol. The third-order valence-electron chi connectivity index (χ3n) is 4.55.